The lowest BCUT2D eigenvalue weighted by molar-refractivity contribution is -0.153. The quantitative estimate of drug-likeness (QED) is 0.642. The topological polar surface area (TPSA) is 47.6 Å². The molecule has 0 spiro atoms. The average Bonchev–Trinajstić information content (AvgIpc) is 3.16. The molecule has 18 heavy (non-hydrogen) atoms. The van der Waals surface area contributed by atoms with Gasteiger partial charge in [0.1, 0.15) is 5.54 Å². The molecule has 0 saturated heterocycles. The molecule has 1 unspecified atom stereocenters. The van der Waals surface area contributed by atoms with E-state index in [-0.39, 0.29) is 5.97 Å². The summed E-state index contributed by atoms with van der Waals surface area (Å²) in [6.07, 6.45) is 3.16. The second kappa shape index (κ2) is 7.10. The predicted octanol–water partition coefficient (Wildman–Crippen LogP) is 1.98. The molecule has 106 valence electrons. The highest BCUT2D eigenvalue weighted by atomic mass is 16.5. The van der Waals surface area contributed by atoms with Crippen LogP contribution < -0.4 is 5.32 Å². The van der Waals surface area contributed by atoms with Gasteiger partial charge in [-0.25, -0.2) is 4.79 Å². The fourth-order valence-electron chi connectivity index (χ4n) is 2.17. The molecular formula is C14H27NO3. The van der Waals surface area contributed by atoms with Crippen LogP contribution >= 0.6 is 0 Å². The first-order chi connectivity index (χ1) is 8.56. The molecule has 0 amide bonds. The van der Waals surface area contributed by atoms with Crippen molar-refractivity contribution < 1.29 is 14.3 Å². The second-order valence-corrected chi connectivity index (χ2v) is 5.57. The molecule has 1 N–H and O–H groups in total. The lowest BCUT2D eigenvalue weighted by Crippen LogP contribution is -2.58. The van der Waals surface area contributed by atoms with E-state index in [1.807, 2.05) is 0 Å². The zero-order valence-corrected chi connectivity index (χ0v) is 12.1. The van der Waals surface area contributed by atoms with Crippen molar-refractivity contribution >= 4 is 5.97 Å². The Morgan fingerprint density at radius 1 is 1.44 bits per heavy atom. The summed E-state index contributed by atoms with van der Waals surface area (Å²) >= 11 is 0. The molecule has 1 atom stereocenters. The molecule has 4 heteroatoms. The maximum atomic E-state index is 12.1. The highest BCUT2D eigenvalue weighted by Gasteiger charge is 2.51. The molecule has 0 aromatic carbocycles. The molecule has 1 aliphatic rings. The van der Waals surface area contributed by atoms with Crippen LogP contribution in [0, 0.1) is 11.8 Å². The van der Waals surface area contributed by atoms with Gasteiger partial charge in [-0.3, -0.25) is 5.32 Å². The zero-order chi connectivity index (χ0) is 13.6. The Labute approximate surface area is 110 Å². The Morgan fingerprint density at radius 2 is 2.11 bits per heavy atom. The van der Waals surface area contributed by atoms with Crippen LogP contribution in [0.15, 0.2) is 0 Å². The van der Waals surface area contributed by atoms with E-state index >= 15 is 0 Å². The number of carbonyl (C=O) groups is 1. The van der Waals surface area contributed by atoms with Crippen molar-refractivity contribution in [3.8, 4) is 0 Å². The third-order valence-corrected chi connectivity index (χ3v) is 3.30. The monoisotopic (exact) mass is 257 g/mol. The van der Waals surface area contributed by atoms with E-state index in [4.69, 9.17) is 9.47 Å². The number of hydrogen-bond donors (Lipinski definition) is 1. The normalized spacial score (nSPS) is 18.7. The van der Waals surface area contributed by atoms with E-state index in [1.54, 1.807) is 0 Å². The molecule has 0 bridgehead atoms. The van der Waals surface area contributed by atoms with Crippen molar-refractivity contribution in [3.05, 3.63) is 0 Å². The maximum Gasteiger partial charge on any atom is 0.328 e. The number of rotatable bonds is 9. The fourth-order valence-corrected chi connectivity index (χ4v) is 2.17. The molecular weight excluding hydrogens is 230 g/mol. The summed E-state index contributed by atoms with van der Waals surface area (Å²) in [6.45, 7) is 8.22. The van der Waals surface area contributed by atoms with E-state index in [2.05, 4.69) is 26.1 Å². The van der Waals surface area contributed by atoms with Crippen LogP contribution in [0.25, 0.3) is 0 Å². The zero-order valence-electron chi connectivity index (χ0n) is 12.1. The molecule has 0 aliphatic heterocycles. The van der Waals surface area contributed by atoms with Crippen LogP contribution in [-0.4, -0.2) is 38.4 Å². The van der Waals surface area contributed by atoms with Crippen LogP contribution in [-0.2, 0) is 14.3 Å². The van der Waals surface area contributed by atoms with Gasteiger partial charge in [0.2, 0.25) is 0 Å². The molecule has 0 radical (unpaired) electrons. The molecule has 1 rings (SSSR count). The molecule has 0 aromatic heterocycles. The molecule has 4 nitrogen and oxygen atoms in total. The van der Waals surface area contributed by atoms with Crippen molar-refractivity contribution in [3.63, 3.8) is 0 Å². The van der Waals surface area contributed by atoms with Gasteiger partial charge in [0.15, 0.2) is 0 Å². The second-order valence-electron chi connectivity index (χ2n) is 5.57. The van der Waals surface area contributed by atoms with Gasteiger partial charge >= 0.3 is 5.97 Å². The standard InChI is InChI=1S/C14H27NO3/c1-5-8-15-14(12-6-7-12,13(16)17-4)10-18-9-11(2)3/h11-12,15H,5-10H2,1-4H3. The van der Waals surface area contributed by atoms with E-state index in [0.29, 0.717) is 25.0 Å². The number of esters is 1. The van der Waals surface area contributed by atoms with E-state index < -0.39 is 5.54 Å². The summed E-state index contributed by atoms with van der Waals surface area (Å²) in [7, 11) is 1.45. The molecule has 0 aromatic rings. The number of carbonyl (C=O) groups excluding carboxylic acids is 1. The van der Waals surface area contributed by atoms with Crippen molar-refractivity contribution in [1.82, 2.24) is 5.32 Å². The predicted molar refractivity (Wildman–Crippen MR) is 71.4 cm³/mol. The van der Waals surface area contributed by atoms with Crippen LogP contribution in [0.1, 0.15) is 40.0 Å². The molecule has 1 fully saturated rings. The Bertz CT molecular complexity index is 264. The first-order valence-electron chi connectivity index (χ1n) is 6.98. The lowest BCUT2D eigenvalue weighted by atomic mass is 9.94. The number of hydrogen-bond acceptors (Lipinski definition) is 4. The summed E-state index contributed by atoms with van der Waals surface area (Å²) in [4.78, 5) is 12.1. The number of nitrogens with one attached hydrogen (secondary N) is 1. The van der Waals surface area contributed by atoms with Crippen molar-refractivity contribution in [2.24, 2.45) is 11.8 Å². The smallest absolute Gasteiger partial charge is 0.328 e. The van der Waals surface area contributed by atoms with Gasteiger partial charge in [-0.2, -0.15) is 0 Å². The summed E-state index contributed by atoms with van der Waals surface area (Å²) in [5, 5.41) is 3.37. The third-order valence-electron chi connectivity index (χ3n) is 3.30. The van der Waals surface area contributed by atoms with Gasteiger partial charge in [-0.05, 0) is 37.6 Å². The van der Waals surface area contributed by atoms with Gasteiger partial charge in [0.25, 0.3) is 0 Å². The van der Waals surface area contributed by atoms with Crippen LogP contribution in [0.4, 0.5) is 0 Å². The van der Waals surface area contributed by atoms with Crippen molar-refractivity contribution in [2.45, 2.75) is 45.6 Å². The number of methoxy groups -OCH3 is 1. The number of ether oxygens (including phenoxy) is 2. The Morgan fingerprint density at radius 3 is 2.56 bits per heavy atom. The Balaban J connectivity index is 2.66. The van der Waals surface area contributed by atoms with Crippen LogP contribution in [0.5, 0.6) is 0 Å². The SMILES string of the molecule is CCCNC(COCC(C)C)(C(=O)OC)C1CC1. The Hall–Kier alpha value is -0.610. The maximum absolute atomic E-state index is 12.1. The minimum absolute atomic E-state index is 0.179. The lowest BCUT2D eigenvalue weighted by Gasteiger charge is -2.32. The first-order valence-corrected chi connectivity index (χ1v) is 6.98. The van der Waals surface area contributed by atoms with Crippen molar-refractivity contribution in [1.29, 1.82) is 0 Å². The summed E-state index contributed by atoms with van der Waals surface area (Å²) in [5.41, 5.74) is -0.625. The molecule has 0 heterocycles. The first kappa shape index (κ1) is 15.4. The summed E-state index contributed by atoms with van der Waals surface area (Å²) in [5.74, 6) is 0.664. The van der Waals surface area contributed by atoms with Crippen molar-refractivity contribution in [2.75, 3.05) is 26.9 Å². The van der Waals surface area contributed by atoms with Gasteiger partial charge in [-0.1, -0.05) is 20.8 Å². The fraction of sp³-hybridized carbons (Fsp3) is 0.929. The minimum atomic E-state index is -0.625. The highest BCUT2D eigenvalue weighted by Crippen LogP contribution is 2.40. The summed E-state index contributed by atoms with van der Waals surface area (Å²) < 4.78 is 10.7. The molecule has 1 saturated carbocycles. The minimum Gasteiger partial charge on any atom is -0.468 e. The van der Waals surface area contributed by atoms with Crippen LogP contribution in [0.3, 0.4) is 0 Å². The molecule has 1 aliphatic carbocycles. The largest absolute Gasteiger partial charge is 0.468 e. The van der Waals surface area contributed by atoms with E-state index in [9.17, 15) is 4.79 Å². The summed E-state index contributed by atoms with van der Waals surface area (Å²) in [6, 6.07) is 0. The third kappa shape index (κ3) is 3.95. The highest BCUT2D eigenvalue weighted by molar-refractivity contribution is 5.82. The van der Waals surface area contributed by atoms with Gasteiger partial charge in [-0.15, -0.1) is 0 Å². The van der Waals surface area contributed by atoms with Gasteiger partial charge in [0.05, 0.1) is 13.7 Å². The van der Waals surface area contributed by atoms with Gasteiger partial charge < -0.3 is 9.47 Å². The Kier molecular flexibility index (Phi) is 6.09. The average molecular weight is 257 g/mol. The van der Waals surface area contributed by atoms with Crippen LogP contribution in [0.2, 0.25) is 0 Å². The van der Waals surface area contributed by atoms with E-state index in [1.165, 1.54) is 7.11 Å². The van der Waals surface area contributed by atoms with E-state index in [0.717, 1.165) is 25.8 Å². The van der Waals surface area contributed by atoms with Gasteiger partial charge in [0, 0.05) is 6.61 Å².